The highest BCUT2D eigenvalue weighted by Crippen LogP contribution is 2.35. The number of carbonyl (C=O) groups is 2. The first-order chi connectivity index (χ1) is 12.7. The van der Waals surface area contributed by atoms with Crippen LogP contribution in [-0.2, 0) is 16.0 Å². The highest BCUT2D eigenvalue weighted by atomic mass is 32.1. The second kappa shape index (κ2) is 7.01. The predicted octanol–water partition coefficient (Wildman–Crippen LogP) is 3.78. The molecule has 3 aromatic rings. The second-order valence-corrected chi connectivity index (χ2v) is 7.74. The average molecular weight is 384 g/mol. The standard InChI is InChI=1S/C19H16N2O3S2/c1-24-19(23)16-13-8-10-25-15(13)7-9-21(16)18(22)14-11-26-17(20-14)12-5-3-2-4-6-12/h2-6,8,10-11,16H,7,9H2,1H3. The van der Waals surface area contributed by atoms with E-state index < -0.39 is 12.0 Å². The summed E-state index contributed by atoms with van der Waals surface area (Å²) in [5, 5.41) is 4.49. The molecule has 0 aliphatic carbocycles. The van der Waals surface area contributed by atoms with Crippen molar-refractivity contribution in [2.75, 3.05) is 13.7 Å². The summed E-state index contributed by atoms with van der Waals surface area (Å²) in [6.07, 6.45) is 0.738. The molecule has 26 heavy (non-hydrogen) atoms. The number of benzene rings is 1. The van der Waals surface area contributed by atoms with E-state index in [-0.39, 0.29) is 5.91 Å². The van der Waals surface area contributed by atoms with Gasteiger partial charge >= 0.3 is 5.97 Å². The van der Waals surface area contributed by atoms with Gasteiger partial charge in [-0.2, -0.15) is 0 Å². The first-order valence-electron chi connectivity index (χ1n) is 8.15. The van der Waals surface area contributed by atoms with E-state index in [4.69, 9.17) is 4.74 Å². The largest absolute Gasteiger partial charge is 0.467 e. The zero-order valence-electron chi connectivity index (χ0n) is 14.0. The lowest BCUT2D eigenvalue weighted by molar-refractivity contribution is -0.146. The summed E-state index contributed by atoms with van der Waals surface area (Å²) in [6.45, 7) is 0.476. The molecule has 0 fully saturated rings. The van der Waals surface area contributed by atoms with E-state index in [1.54, 1.807) is 21.6 Å². The Bertz CT molecular complexity index is 949. The van der Waals surface area contributed by atoms with E-state index in [0.717, 1.165) is 27.4 Å². The third-order valence-electron chi connectivity index (χ3n) is 4.40. The molecular formula is C19H16N2O3S2. The van der Waals surface area contributed by atoms with Gasteiger partial charge in [0.15, 0.2) is 6.04 Å². The van der Waals surface area contributed by atoms with Gasteiger partial charge in [0, 0.05) is 22.4 Å². The minimum Gasteiger partial charge on any atom is -0.467 e. The fourth-order valence-electron chi connectivity index (χ4n) is 3.13. The van der Waals surface area contributed by atoms with Gasteiger partial charge in [-0.3, -0.25) is 4.79 Å². The lowest BCUT2D eigenvalue weighted by Gasteiger charge is -2.33. The van der Waals surface area contributed by atoms with Crippen LogP contribution in [0.25, 0.3) is 10.6 Å². The van der Waals surface area contributed by atoms with Crippen LogP contribution < -0.4 is 0 Å². The highest BCUT2D eigenvalue weighted by molar-refractivity contribution is 7.13. The normalized spacial score (nSPS) is 16.2. The smallest absolute Gasteiger partial charge is 0.333 e. The van der Waals surface area contributed by atoms with Gasteiger partial charge in [-0.25, -0.2) is 9.78 Å². The Morgan fingerprint density at radius 3 is 2.77 bits per heavy atom. The molecule has 3 heterocycles. The van der Waals surface area contributed by atoms with Crippen LogP contribution in [0, 0.1) is 0 Å². The summed E-state index contributed by atoms with van der Waals surface area (Å²) >= 11 is 3.03. The Kier molecular flexibility index (Phi) is 4.57. The van der Waals surface area contributed by atoms with Crippen molar-refractivity contribution in [2.24, 2.45) is 0 Å². The molecule has 4 rings (SSSR count). The van der Waals surface area contributed by atoms with Crippen molar-refractivity contribution in [2.45, 2.75) is 12.5 Å². The number of thiophene rings is 1. The van der Waals surface area contributed by atoms with Crippen LogP contribution in [0.5, 0.6) is 0 Å². The first-order valence-corrected chi connectivity index (χ1v) is 9.91. The van der Waals surface area contributed by atoms with Crippen LogP contribution >= 0.6 is 22.7 Å². The number of nitrogens with zero attached hydrogens (tertiary/aromatic N) is 2. The second-order valence-electron chi connectivity index (χ2n) is 5.88. The number of hydrogen-bond donors (Lipinski definition) is 0. The lowest BCUT2D eigenvalue weighted by atomic mass is 9.99. The summed E-state index contributed by atoms with van der Waals surface area (Å²) in [6, 6.07) is 10.9. The van der Waals surface area contributed by atoms with Crippen molar-refractivity contribution in [1.29, 1.82) is 0 Å². The minimum absolute atomic E-state index is 0.240. The monoisotopic (exact) mass is 384 g/mol. The van der Waals surface area contributed by atoms with Crippen molar-refractivity contribution < 1.29 is 14.3 Å². The van der Waals surface area contributed by atoms with Gasteiger partial charge < -0.3 is 9.64 Å². The van der Waals surface area contributed by atoms with E-state index >= 15 is 0 Å². The van der Waals surface area contributed by atoms with Crippen LogP contribution in [0.4, 0.5) is 0 Å². The lowest BCUT2D eigenvalue weighted by Crippen LogP contribution is -2.43. The van der Waals surface area contributed by atoms with Crippen LogP contribution in [0.1, 0.15) is 27.0 Å². The van der Waals surface area contributed by atoms with Crippen molar-refractivity contribution in [3.63, 3.8) is 0 Å². The van der Waals surface area contributed by atoms with Gasteiger partial charge in [-0.1, -0.05) is 30.3 Å². The molecule has 1 unspecified atom stereocenters. The SMILES string of the molecule is COC(=O)C1c2ccsc2CCN1C(=O)c1csc(-c2ccccc2)n1. The molecule has 0 N–H and O–H groups in total. The number of aromatic nitrogens is 1. The zero-order valence-corrected chi connectivity index (χ0v) is 15.7. The summed E-state index contributed by atoms with van der Waals surface area (Å²) < 4.78 is 4.96. The van der Waals surface area contributed by atoms with Gasteiger partial charge in [0.25, 0.3) is 5.91 Å². The molecule has 1 atom stereocenters. The van der Waals surface area contributed by atoms with Crippen molar-refractivity contribution in [1.82, 2.24) is 9.88 Å². The zero-order chi connectivity index (χ0) is 18.1. The molecule has 1 aliphatic heterocycles. The Morgan fingerprint density at radius 2 is 2.00 bits per heavy atom. The van der Waals surface area contributed by atoms with E-state index in [2.05, 4.69) is 4.98 Å². The third-order valence-corrected chi connectivity index (χ3v) is 6.28. The van der Waals surface area contributed by atoms with Crippen molar-refractivity contribution >= 4 is 34.6 Å². The van der Waals surface area contributed by atoms with E-state index in [0.29, 0.717) is 12.2 Å². The van der Waals surface area contributed by atoms with Crippen LogP contribution in [0.3, 0.4) is 0 Å². The molecule has 0 bridgehead atoms. The van der Waals surface area contributed by atoms with Gasteiger partial charge in [-0.15, -0.1) is 22.7 Å². The average Bonchev–Trinajstić information content (AvgIpc) is 3.36. The number of rotatable bonds is 3. The van der Waals surface area contributed by atoms with E-state index in [1.165, 1.54) is 18.4 Å². The molecule has 7 heteroatoms. The maximum Gasteiger partial charge on any atom is 0.333 e. The molecule has 5 nitrogen and oxygen atoms in total. The van der Waals surface area contributed by atoms with Crippen molar-refractivity contribution in [3.8, 4) is 10.6 Å². The Labute approximate surface area is 158 Å². The minimum atomic E-state index is -0.704. The molecule has 0 saturated heterocycles. The molecule has 0 spiro atoms. The van der Waals surface area contributed by atoms with Gasteiger partial charge in [-0.05, 0) is 23.4 Å². The first kappa shape index (κ1) is 16.9. The van der Waals surface area contributed by atoms with Crippen molar-refractivity contribution in [3.05, 3.63) is 63.3 Å². The molecule has 1 aliphatic rings. The molecule has 0 radical (unpaired) electrons. The quantitative estimate of drug-likeness (QED) is 0.645. The third kappa shape index (κ3) is 2.93. The van der Waals surface area contributed by atoms with Gasteiger partial charge in [0.05, 0.1) is 7.11 Å². The number of amides is 1. The number of fused-ring (bicyclic) bond motifs is 1. The summed E-state index contributed by atoms with van der Waals surface area (Å²) in [4.78, 5) is 32.6. The fraction of sp³-hybridized carbons (Fsp3) is 0.211. The molecule has 0 saturated carbocycles. The maximum atomic E-state index is 13.1. The maximum absolute atomic E-state index is 13.1. The number of ether oxygens (including phenoxy) is 1. The fourth-order valence-corrected chi connectivity index (χ4v) is 4.84. The Morgan fingerprint density at radius 1 is 1.19 bits per heavy atom. The molecule has 132 valence electrons. The number of esters is 1. The highest BCUT2D eigenvalue weighted by Gasteiger charge is 2.38. The number of hydrogen-bond acceptors (Lipinski definition) is 6. The summed E-state index contributed by atoms with van der Waals surface area (Å²) in [5.41, 5.74) is 2.20. The number of methoxy groups -OCH3 is 1. The van der Waals surface area contributed by atoms with Crippen LogP contribution in [0.2, 0.25) is 0 Å². The van der Waals surface area contributed by atoms with E-state index in [9.17, 15) is 9.59 Å². The van der Waals surface area contributed by atoms with Gasteiger partial charge in [0.1, 0.15) is 10.7 Å². The number of thiazole rings is 1. The van der Waals surface area contributed by atoms with Gasteiger partial charge in [0.2, 0.25) is 0 Å². The van der Waals surface area contributed by atoms with Crippen LogP contribution in [-0.4, -0.2) is 35.4 Å². The Hall–Kier alpha value is -2.51. The molecule has 1 amide bonds. The molecule has 2 aromatic heterocycles. The van der Waals surface area contributed by atoms with E-state index in [1.807, 2.05) is 41.8 Å². The Balaban J connectivity index is 1.65. The molecular weight excluding hydrogens is 368 g/mol. The van der Waals surface area contributed by atoms with Crippen LogP contribution in [0.15, 0.2) is 47.2 Å². The summed E-state index contributed by atoms with van der Waals surface area (Å²) in [7, 11) is 1.35. The predicted molar refractivity (Wildman–Crippen MR) is 101 cm³/mol. The number of carbonyl (C=O) groups excluding carboxylic acids is 2. The topological polar surface area (TPSA) is 59.5 Å². The molecule has 1 aromatic carbocycles. The summed E-state index contributed by atoms with van der Waals surface area (Å²) in [5.74, 6) is -0.660.